The van der Waals surface area contributed by atoms with Gasteiger partial charge in [-0.1, -0.05) is 12.1 Å². The largest absolute Gasteiger partial charge is 0.338 e. The number of rotatable bonds is 3. The second kappa shape index (κ2) is 7.59. The summed E-state index contributed by atoms with van der Waals surface area (Å²) in [4.78, 5) is 21.9. The SMILES string of the molecule is O=C(c1cnn2ccccc12)N1CCC2(CCN(Cc3cccnc3)CC2)CC1. The van der Waals surface area contributed by atoms with Crippen LogP contribution in [0.25, 0.3) is 5.52 Å². The van der Waals surface area contributed by atoms with Crippen LogP contribution in [0.1, 0.15) is 41.6 Å². The van der Waals surface area contributed by atoms with Gasteiger partial charge in [0.15, 0.2) is 0 Å². The van der Waals surface area contributed by atoms with Gasteiger partial charge < -0.3 is 4.90 Å². The molecule has 3 aromatic rings. The van der Waals surface area contributed by atoms with Crippen molar-refractivity contribution in [3.05, 3.63) is 66.2 Å². The van der Waals surface area contributed by atoms with Gasteiger partial charge in [0.1, 0.15) is 0 Å². The molecule has 2 aliphatic heterocycles. The van der Waals surface area contributed by atoms with Crippen LogP contribution >= 0.6 is 0 Å². The second-order valence-corrected chi connectivity index (χ2v) is 8.52. The van der Waals surface area contributed by atoms with E-state index in [2.05, 4.69) is 21.0 Å². The first kappa shape index (κ1) is 18.3. The van der Waals surface area contributed by atoms with Gasteiger partial charge in [-0.2, -0.15) is 5.10 Å². The zero-order valence-corrected chi connectivity index (χ0v) is 16.7. The van der Waals surface area contributed by atoms with Gasteiger partial charge in [-0.25, -0.2) is 4.52 Å². The molecule has 6 nitrogen and oxygen atoms in total. The lowest BCUT2D eigenvalue weighted by Crippen LogP contribution is -2.48. The van der Waals surface area contributed by atoms with Crippen molar-refractivity contribution in [2.45, 2.75) is 32.2 Å². The minimum atomic E-state index is 0.120. The fourth-order valence-electron chi connectivity index (χ4n) is 4.89. The van der Waals surface area contributed by atoms with E-state index in [1.54, 1.807) is 10.7 Å². The fourth-order valence-corrected chi connectivity index (χ4v) is 4.89. The number of aromatic nitrogens is 3. The number of pyridine rings is 2. The number of carbonyl (C=O) groups is 1. The van der Waals surface area contributed by atoms with Crippen LogP contribution in [0, 0.1) is 5.41 Å². The summed E-state index contributed by atoms with van der Waals surface area (Å²) < 4.78 is 1.77. The van der Waals surface area contributed by atoms with Gasteiger partial charge in [-0.05, 0) is 68.0 Å². The summed E-state index contributed by atoms with van der Waals surface area (Å²) in [6, 6.07) is 10.0. The Bertz CT molecular complexity index is 981. The van der Waals surface area contributed by atoms with Crippen molar-refractivity contribution >= 4 is 11.4 Å². The molecule has 2 fully saturated rings. The molecule has 0 saturated carbocycles. The second-order valence-electron chi connectivity index (χ2n) is 8.52. The predicted octanol–water partition coefficient (Wildman–Crippen LogP) is 3.25. The zero-order valence-electron chi connectivity index (χ0n) is 16.7. The van der Waals surface area contributed by atoms with Crippen molar-refractivity contribution in [1.82, 2.24) is 24.4 Å². The summed E-state index contributed by atoms with van der Waals surface area (Å²) >= 11 is 0. The molecule has 3 aromatic heterocycles. The van der Waals surface area contributed by atoms with Crippen LogP contribution in [-0.4, -0.2) is 56.5 Å². The third-order valence-electron chi connectivity index (χ3n) is 6.81. The summed E-state index contributed by atoms with van der Waals surface area (Å²) in [5.74, 6) is 0.120. The molecular formula is C23H27N5O. The number of amides is 1. The molecule has 0 aromatic carbocycles. The Kier molecular flexibility index (Phi) is 4.79. The standard InChI is InChI=1S/C23H27N5O/c29-22(20-17-25-28-11-2-1-5-21(20)28)27-14-8-23(9-15-27)6-12-26(13-7-23)18-19-4-3-10-24-16-19/h1-5,10-11,16-17H,6-9,12-15,18H2. The maximum absolute atomic E-state index is 13.1. The van der Waals surface area contributed by atoms with Crippen molar-refractivity contribution in [1.29, 1.82) is 0 Å². The van der Waals surface area contributed by atoms with E-state index in [4.69, 9.17) is 0 Å². The molecule has 1 amide bonds. The highest BCUT2D eigenvalue weighted by Gasteiger charge is 2.38. The smallest absolute Gasteiger partial charge is 0.257 e. The van der Waals surface area contributed by atoms with E-state index in [0.717, 1.165) is 51.1 Å². The number of nitrogens with zero attached hydrogens (tertiary/aromatic N) is 5. The quantitative estimate of drug-likeness (QED) is 0.690. The van der Waals surface area contributed by atoms with E-state index in [1.165, 1.54) is 18.4 Å². The van der Waals surface area contributed by atoms with Crippen LogP contribution in [0.2, 0.25) is 0 Å². The van der Waals surface area contributed by atoms with E-state index in [0.29, 0.717) is 11.0 Å². The summed E-state index contributed by atoms with van der Waals surface area (Å²) in [5, 5.41) is 4.32. The van der Waals surface area contributed by atoms with Crippen molar-refractivity contribution in [2.24, 2.45) is 5.41 Å². The van der Waals surface area contributed by atoms with Crippen molar-refractivity contribution in [3.8, 4) is 0 Å². The summed E-state index contributed by atoms with van der Waals surface area (Å²) in [6.07, 6.45) is 12.1. The minimum Gasteiger partial charge on any atom is -0.338 e. The number of hydrogen-bond donors (Lipinski definition) is 0. The Balaban J connectivity index is 1.18. The first-order valence-electron chi connectivity index (χ1n) is 10.6. The highest BCUT2D eigenvalue weighted by Crippen LogP contribution is 2.41. The van der Waals surface area contributed by atoms with Gasteiger partial charge in [0.2, 0.25) is 0 Å². The number of likely N-dealkylation sites (tertiary alicyclic amines) is 2. The summed E-state index contributed by atoms with van der Waals surface area (Å²) in [6.45, 7) is 4.97. The third-order valence-corrected chi connectivity index (χ3v) is 6.81. The minimum absolute atomic E-state index is 0.120. The average molecular weight is 390 g/mol. The lowest BCUT2D eigenvalue weighted by Gasteiger charge is -2.47. The molecule has 2 aliphatic rings. The van der Waals surface area contributed by atoms with Gasteiger partial charge in [0.25, 0.3) is 5.91 Å². The van der Waals surface area contributed by atoms with E-state index < -0.39 is 0 Å². The Labute approximate surface area is 171 Å². The molecule has 150 valence electrons. The van der Waals surface area contributed by atoms with Crippen LogP contribution in [-0.2, 0) is 6.54 Å². The lowest BCUT2D eigenvalue weighted by atomic mass is 9.71. The number of carbonyl (C=O) groups excluding carboxylic acids is 1. The Morgan fingerprint density at radius 1 is 0.966 bits per heavy atom. The van der Waals surface area contributed by atoms with E-state index in [-0.39, 0.29) is 5.91 Å². The van der Waals surface area contributed by atoms with Crippen LogP contribution in [0.3, 0.4) is 0 Å². The number of fused-ring (bicyclic) bond motifs is 1. The van der Waals surface area contributed by atoms with Crippen LogP contribution in [0.5, 0.6) is 0 Å². The normalized spacial score (nSPS) is 19.7. The molecule has 0 aliphatic carbocycles. The molecule has 5 heterocycles. The molecule has 0 unspecified atom stereocenters. The topological polar surface area (TPSA) is 53.7 Å². The van der Waals surface area contributed by atoms with E-state index >= 15 is 0 Å². The van der Waals surface area contributed by atoms with Gasteiger partial charge >= 0.3 is 0 Å². The third kappa shape index (κ3) is 3.65. The van der Waals surface area contributed by atoms with Gasteiger partial charge in [-0.15, -0.1) is 0 Å². The monoisotopic (exact) mass is 389 g/mol. The molecule has 29 heavy (non-hydrogen) atoms. The van der Waals surface area contributed by atoms with Gasteiger partial charge in [0.05, 0.1) is 17.3 Å². The van der Waals surface area contributed by atoms with Crippen molar-refractivity contribution in [3.63, 3.8) is 0 Å². The highest BCUT2D eigenvalue weighted by atomic mass is 16.2. The first-order valence-corrected chi connectivity index (χ1v) is 10.6. The molecule has 0 radical (unpaired) electrons. The average Bonchev–Trinajstić information content (AvgIpc) is 3.21. The van der Waals surface area contributed by atoms with Gasteiger partial charge in [-0.3, -0.25) is 14.7 Å². The van der Waals surface area contributed by atoms with Gasteiger partial charge in [0, 0.05) is 38.2 Å². The molecule has 2 saturated heterocycles. The molecule has 0 N–H and O–H groups in total. The maximum Gasteiger partial charge on any atom is 0.257 e. The molecule has 0 bridgehead atoms. The Hall–Kier alpha value is -2.73. The first-order chi connectivity index (χ1) is 14.2. The van der Waals surface area contributed by atoms with Crippen LogP contribution < -0.4 is 0 Å². The predicted molar refractivity (Wildman–Crippen MR) is 112 cm³/mol. The molecule has 1 spiro atoms. The molecule has 5 rings (SSSR count). The zero-order chi connectivity index (χ0) is 19.7. The molecule has 0 atom stereocenters. The number of hydrogen-bond acceptors (Lipinski definition) is 4. The summed E-state index contributed by atoms with van der Waals surface area (Å²) in [7, 11) is 0. The Morgan fingerprint density at radius 3 is 2.52 bits per heavy atom. The molecular weight excluding hydrogens is 362 g/mol. The lowest BCUT2D eigenvalue weighted by molar-refractivity contribution is 0.0286. The van der Waals surface area contributed by atoms with E-state index in [1.807, 2.05) is 47.8 Å². The fraction of sp³-hybridized carbons (Fsp3) is 0.435. The molecule has 6 heteroatoms. The van der Waals surface area contributed by atoms with Crippen molar-refractivity contribution < 1.29 is 4.79 Å². The summed E-state index contributed by atoms with van der Waals surface area (Å²) in [5.41, 5.74) is 3.30. The van der Waals surface area contributed by atoms with Crippen molar-refractivity contribution in [2.75, 3.05) is 26.2 Å². The maximum atomic E-state index is 13.1. The van der Waals surface area contributed by atoms with Crippen LogP contribution in [0.15, 0.2) is 55.1 Å². The van der Waals surface area contributed by atoms with E-state index in [9.17, 15) is 4.79 Å². The van der Waals surface area contributed by atoms with Crippen LogP contribution in [0.4, 0.5) is 0 Å². The highest BCUT2D eigenvalue weighted by molar-refractivity contribution is 6.00. The Morgan fingerprint density at radius 2 is 1.76 bits per heavy atom. The number of piperidine rings is 2.